The second-order valence-electron chi connectivity index (χ2n) is 21.4. The minimum atomic E-state index is -1.99. The van der Waals surface area contributed by atoms with E-state index in [0.717, 1.165) is 77.0 Å². The highest BCUT2D eigenvalue weighted by molar-refractivity contribution is 5.76. The average Bonchev–Trinajstić information content (AvgIpc) is 3.50. The van der Waals surface area contributed by atoms with E-state index in [1.165, 1.54) is 64.2 Å². The van der Waals surface area contributed by atoms with Gasteiger partial charge >= 0.3 is 0 Å². The Kier molecular flexibility index (Phi) is 39.2. The summed E-state index contributed by atoms with van der Waals surface area (Å²) < 4.78 is 34.2. The summed E-state index contributed by atoms with van der Waals surface area (Å²) in [7, 11) is 0. The van der Waals surface area contributed by atoms with E-state index in [9.17, 15) is 61.0 Å². The lowest BCUT2D eigenvalue weighted by Gasteiger charge is -2.48. The lowest BCUT2D eigenvalue weighted by molar-refractivity contribution is -0.379. The molecule has 0 spiro atoms. The Morgan fingerprint density at radius 2 is 0.838 bits per heavy atom. The van der Waals surface area contributed by atoms with E-state index < -0.39 is 124 Å². The summed E-state index contributed by atoms with van der Waals surface area (Å²) in [6.07, 6.45) is 24.5. The summed E-state index contributed by atoms with van der Waals surface area (Å²) in [5.74, 6) is -0.306. The highest BCUT2D eigenvalue weighted by atomic mass is 16.8. The van der Waals surface area contributed by atoms with Crippen molar-refractivity contribution in [1.82, 2.24) is 5.32 Å². The van der Waals surface area contributed by atoms with Crippen molar-refractivity contribution in [3.63, 3.8) is 0 Å². The Bertz CT molecular complexity index is 1740. The normalized spacial score (nSPS) is 30.5. The summed E-state index contributed by atoms with van der Waals surface area (Å²) >= 11 is 0. The van der Waals surface area contributed by atoms with Crippen molar-refractivity contribution in [1.29, 1.82) is 0 Å². The summed E-state index contributed by atoms with van der Waals surface area (Å²) in [4.78, 5) is 13.3. The molecule has 0 aromatic heterocycles. The lowest BCUT2D eigenvalue weighted by atomic mass is 9.96. The van der Waals surface area contributed by atoms with Gasteiger partial charge in [-0.05, 0) is 83.5 Å². The number of nitrogens with one attached hydrogen (secondary N) is 1. The van der Waals surface area contributed by atoms with Crippen molar-refractivity contribution in [3.05, 3.63) is 72.9 Å². The Labute approximate surface area is 477 Å². The SMILES string of the molecule is CCCCCC/C=C/CC/C=C/CC/C=C/C(O)C(COC1OC(CO)C(OC2OC(CO)C(OC3OC(CO)C(O)C(O)C3O)C(O)C2O)C(O)C1O)NC(=O)CCCCCCCC/C=C\C/C=C\C/C=C\CCCCCCC. The van der Waals surface area contributed by atoms with Gasteiger partial charge in [0.05, 0.1) is 38.6 Å². The fourth-order valence-corrected chi connectivity index (χ4v) is 9.70. The first-order chi connectivity index (χ1) is 38.8. The number of aliphatic hydroxyl groups excluding tert-OH is 11. The van der Waals surface area contributed by atoms with Crippen molar-refractivity contribution >= 4 is 5.91 Å². The number of aliphatic hydroxyl groups is 11. The van der Waals surface area contributed by atoms with E-state index in [-0.39, 0.29) is 18.9 Å². The van der Waals surface area contributed by atoms with Gasteiger partial charge in [-0.1, -0.05) is 157 Å². The molecule has 17 atom stereocenters. The zero-order valence-corrected chi connectivity index (χ0v) is 48.0. The molecule has 0 radical (unpaired) electrons. The van der Waals surface area contributed by atoms with Crippen LogP contribution in [-0.2, 0) is 33.2 Å². The molecule has 3 fully saturated rings. The molecule has 3 rings (SSSR count). The number of carbonyl (C=O) groups excluding carboxylic acids is 1. The molecule has 80 heavy (non-hydrogen) atoms. The summed E-state index contributed by atoms with van der Waals surface area (Å²) in [6.45, 7) is 1.62. The molecule has 0 aromatic rings. The van der Waals surface area contributed by atoms with Crippen LogP contribution in [0.1, 0.15) is 174 Å². The van der Waals surface area contributed by atoms with Gasteiger partial charge in [0, 0.05) is 6.42 Å². The molecule has 1 amide bonds. The van der Waals surface area contributed by atoms with Crippen molar-refractivity contribution in [2.45, 2.75) is 279 Å². The number of amides is 1. The van der Waals surface area contributed by atoms with Gasteiger partial charge in [0.15, 0.2) is 18.9 Å². The van der Waals surface area contributed by atoms with Gasteiger partial charge in [-0.25, -0.2) is 0 Å². The molecule has 3 aliphatic rings. The van der Waals surface area contributed by atoms with Crippen molar-refractivity contribution in [3.8, 4) is 0 Å². The number of hydrogen-bond acceptors (Lipinski definition) is 18. The van der Waals surface area contributed by atoms with Crippen LogP contribution in [-0.4, -0.2) is 193 Å². The fraction of sp³-hybridized carbons (Fsp3) is 0.787. The van der Waals surface area contributed by atoms with Crippen LogP contribution in [0.15, 0.2) is 72.9 Å². The molecule has 19 nitrogen and oxygen atoms in total. The van der Waals surface area contributed by atoms with Crippen LogP contribution in [0, 0.1) is 0 Å². The number of carbonyl (C=O) groups is 1. The number of rotatable bonds is 43. The van der Waals surface area contributed by atoms with E-state index in [0.29, 0.717) is 12.8 Å². The van der Waals surface area contributed by atoms with Gasteiger partial charge in [-0.2, -0.15) is 0 Å². The number of hydrogen-bond donors (Lipinski definition) is 12. The van der Waals surface area contributed by atoms with Crippen molar-refractivity contribution in [2.75, 3.05) is 26.4 Å². The molecule has 0 aliphatic carbocycles. The zero-order chi connectivity index (χ0) is 58.3. The highest BCUT2D eigenvalue weighted by Crippen LogP contribution is 2.33. The first-order valence-corrected chi connectivity index (χ1v) is 30.2. The average molecular weight is 1140 g/mol. The topological polar surface area (TPSA) is 307 Å². The minimum absolute atomic E-state index is 0.214. The van der Waals surface area contributed by atoms with Crippen molar-refractivity contribution in [2.24, 2.45) is 0 Å². The molecular formula is C61H105NO18. The Hall–Kier alpha value is -2.77. The second-order valence-corrected chi connectivity index (χ2v) is 21.4. The van der Waals surface area contributed by atoms with Crippen LogP contribution >= 0.6 is 0 Å². The van der Waals surface area contributed by atoms with E-state index in [2.05, 4.69) is 79.9 Å². The smallest absolute Gasteiger partial charge is 0.220 e. The highest BCUT2D eigenvalue weighted by Gasteiger charge is 2.53. The fourth-order valence-electron chi connectivity index (χ4n) is 9.70. The molecule has 3 saturated heterocycles. The number of unbranched alkanes of at least 4 members (excludes halogenated alkanes) is 17. The van der Waals surface area contributed by atoms with Crippen LogP contribution in [0.5, 0.6) is 0 Å². The van der Waals surface area contributed by atoms with Gasteiger partial charge < -0.3 is 89.9 Å². The first-order valence-electron chi connectivity index (χ1n) is 30.2. The van der Waals surface area contributed by atoms with Gasteiger partial charge in [0.2, 0.25) is 5.91 Å². The first kappa shape index (κ1) is 71.5. The van der Waals surface area contributed by atoms with Crippen LogP contribution < -0.4 is 5.32 Å². The minimum Gasteiger partial charge on any atom is -0.394 e. The van der Waals surface area contributed by atoms with Crippen molar-refractivity contribution < 1.29 is 89.4 Å². The van der Waals surface area contributed by atoms with Gasteiger partial charge in [0.1, 0.15) is 73.2 Å². The number of ether oxygens (including phenoxy) is 6. The molecule has 0 bridgehead atoms. The maximum Gasteiger partial charge on any atom is 0.220 e. The Morgan fingerprint density at radius 1 is 0.450 bits per heavy atom. The third-order valence-electron chi connectivity index (χ3n) is 14.7. The maximum absolute atomic E-state index is 13.3. The predicted octanol–water partition coefficient (Wildman–Crippen LogP) is 5.43. The summed E-state index contributed by atoms with van der Waals surface area (Å²) in [6, 6.07) is -1.01. The van der Waals surface area contributed by atoms with Crippen LogP contribution in [0.25, 0.3) is 0 Å². The molecule has 17 unspecified atom stereocenters. The molecule has 0 aromatic carbocycles. The predicted molar refractivity (Wildman–Crippen MR) is 305 cm³/mol. The molecule has 462 valence electrons. The van der Waals surface area contributed by atoms with E-state index in [4.69, 9.17) is 28.4 Å². The molecule has 0 saturated carbocycles. The van der Waals surface area contributed by atoms with Gasteiger partial charge in [-0.3, -0.25) is 4.79 Å². The monoisotopic (exact) mass is 1140 g/mol. The zero-order valence-electron chi connectivity index (χ0n) is 48.0. The third-order valence-corrected chi connectivity index (χ3v) is 14.7. The second kappa shape index (κ2) is 43.8. The maximum atomic E-state index is 13.3. The van der Waals surface area contributed by atoms with Gasteiger partial charge in [-0.15, -0.1) is 0 Å². The molecule has 3 heterocycles. The molecular weight excluding hydrogens is 1030 g/mol. The molecule has 12 N–H and O–H groups in total. The largest absolute Gasteiger partial charge is 0.394 e. The van der Waals surface area contributed by atoms with Gasteiger partial charge in [0.25, 0.3) is 0 Å². The number of allylic oxidation sites excluding steroid dienone is 11. The van der Waals surface area contributed by atoms with Crippen LogP contribution in [0.2, 0.25) is 0 Å². The van der Waals surface area contributed by atoms with E-state index in [1.54, 1.807) is 6.08 Å². The lowest BCUT2D eigenvalue weighted by Crippen LogP contribution is -2.66. The van der Waals surface area contributed by atoms with Crippen LogP contribution in [0.4, 0.5) is 0 Å². The summed E-state index contributed by atoms with van der Waals surface area (Å²) in [5.41, 5.74) is 0. The Balaban J connectivity index is 1.51. The summed E-state index contributed by atoms with van der Waals surface area (Å²) in [5, 5.41) is 120. The Morgan fingerprint density at radius 3 is 1.35 bits per heavy atom. The van der Waals surface area contributed by atoms with Crippen LogP contribution in [0.3, 0.4) is 0 Å². The van der Waals surface area contributed by atoms with E-state index >= 15 is 0 Å². The third kappa shape index (κ3) is 27.3. The standard InChI is InChI=1S/C61H105NO18/c1-3-5-7-9-11-13-15-17-19-20-21-22-23-24-25-27-29-31-33-35-37-39-49(67)62-44(45(66)38-36-34-32-30-28-26-18-16-14-12-10-8-6-4-2)43-75-59-55(73)52(70)57(47(41-64)77-59)80-61-56(74)53(71)58(48(42-65)78-61)79-60-54(72)51(69)50(68)46(40-63)76-60/h14-17,20-21,23-24,28,30,36,38,44-48,50-61,63-66,68-74H,3-13,18-19,22,25-27,29,31-35,37,39-43H2,1-2H3,(H,62,67)/b16-14+,17-15-,21-20-,24-23-,30-28+,38-36+. The van der Waals surface area contributed by atoms with E-state index in [1.807, 2.05) is 6.08 Å². The molecule has 19 heteroatoms. The molecule has 3 aliphatic heterocycles. The quantitative estimate of drug-likeness (QED) is 0.0268.